The molecule has 36 heavy (non-hydrogen) atoms. The summed E-state index contributed by atoms with van der Waals surface area (Å²) in [5.74, 6) is -0.366. The van der Waals surface area contributed by atoms with Gasteiger partial charge in [-0.05, 0) is 61.4 Å². The third-order valence-corrected chi connectivity index (χ3v) is 6.19. The van der Waals surface area contributed by atoms with Crippen LogP contribution in [0.4, 0.5) is 14.5 Å². The first kappa shape index (κ1) is 25.7. The molecule has 1 aliphatic rings. The average Bonchev–Trinajstić information content (AvgIpc) is 3.36. The van der Waals surface area contributed by atoms with Gasteiger partial charge < -0.3 is 25.2 Å². The molecule has 0 saturated heterocycles. The number of aromatic nitrogens is 1. The van der Waals surface area contributed by atoms with E-state index in [4.69, 9.17) is 21.1 Å². The number of ether oxygens (including phenoxy) is 2. The summed E-state index contributed by atoms with van der Waals surface area (Å²) in [5, 5.41) is 17.2. The molecular formula is C26H26ClF2N3O4. The summed E-state index contributed by atoms with van der Waals surface area (Å²) in [4.78, 5) is 17.5. The predicted molar refractivity (Wildman–Crippen MR) is 133 cm³/mol. The lowest BCUT2D eigenvalue weighted by Gasteiger charge is -2.25. The van der Waals surface area contributed by atoms with Crippen LogP contribution < -0.4 is 20.1 Å². The minimum atomic E-state index is -1.51. The second kappa shape index (κ2) is 10.7. The summed E-state index contributed by atoms with van der Waals surface area (Å²) in [6.45, 7) is 1.36. The first-order valence-corrected chi connectivity index (χ1v) is 11.7. The topological polar surface area (TPSA) is 92.7 Å². The Balaban J connectivity index is 1.56. The van der Waals surface area contributed by atoms with Crippen LogP contribution in [0.1, 0.15) is 28.5 Å². The molecule has 1 aliphatic heterocycles. The van der Waals surface area contributed by atoms with Crippen molar-refractivity contribution >= 4 is 23.2 Å². The van der Waals surface area contributed by atoms with Gasteiger partial charge in [0.05, 0.1) is 35.8 Å². The standard InChI is InChI=1S/C26H26ClF2N3O4/c1-26(34,14-31-25(33)17-4-6-20(36-10-8-28)21(12-17)35-2)22-13-16-7-9-30-23(16)24(32-22)15-3-5-19(29)18(27)11-15/h3-6,11-13,30,34H,7-10,14H2,1-2H3,(H,31,33). The van der Waals surface area contributed by atoms with Gasteiger partial charge in [0.1, 0.15) is 24.7 Å². The third-order valence-electron chi connectivity index (χ3n) is 5.90. The lowest BCUT2D eigenvalue weighted by Crippen LogP contribution is -2.39. The number of nitrogens with zero attached hydrogens (tertiary/aromatic N) is 1. The van der Waals surface area contributed by atoms with Gasteiger partial charge in [-0.25, -0.2) is 13.8 Å². The number of fused-ring (bicyclic) bond motifs is 1. The van der Waals surface area contributed by atoms with Crippen molar-refractivity contribution in [1.82, 2.24) is 10.3 Å². The average molecular weight is 518 g/mol. The Labute approximate surface area is 212 Å². The van der Waals surface area contributed by atoms with Crippen molar-refractivity contribution in [1.29, 1.82) is 0 Å². The van der Waals surface area contributed by atoms with E-state index in [0.29, 0.717) is 35.0 Å². The Morgan fingerprint density at radius 1 is 1.25 bits per heavy atom. The molecule has 3 aromatic rings. The van der Waals surface area contributed by atoms with Crippen LogP contribution in [0, 0.1) is 5.82 Å². The Bertz CT molecular complexity index is 1290. The van der Waals surface area contributed by atoms with Crippen molar-refractivity contribution in [2.75, 3.05) is 38.8 Å². The number of rotatable bonds is 9. The van der Waals surface area contributed by atoms with Gasteiger partial charge in [-0.3, -0.25) is 4.79 Å². The summed E-state index contributed by atoms with van der Waals surface area (Å²) in [6, 6.07) is 10.7. The number of carbonyl (C=O) groups is 1. The van der Waals surface area contributed by atoms with Gasteiger partial charge in [-0.1, -0.05) is 11.6 Å². The highest BCUT2D eigenvalue weighted by molar-refractivity contribution is 6.31. The van der Waals surface area contributed by atoms with Gasteiger partial charge in [0.25, 0.3) is 5.91 Å². The van der Waals surface area contributed by atoms with E-state index in [2.05, 4.69) is 15.6 Å². The predicted octanol–water partition coefficient (Wildman–Crippen LogP) is 4.50. The molecule has 4 rings (SSSR count). The molecule has 3 N–H and O–H groups in total. The molecule has 1 atom stereocenters. The van der Waals surface area contributed by atoms with Crippen molar-refractivity contribution in [3.8, 4) is 22.8 Å². The molecule has 7 nitrogen and oxygen atoms in total. The van der Waals surface area contributed by atoms with E-state index >= 15 is 0 Å². The normalized spacial score (nSPS) is 13.9. The van der Waals surface area contributed by atoms with Crippen molar-refractivity contribution in [3.05, 3.63) is 70.1 Å². The smallest absolute Gasteiger partial charge is 0.251 e. The van der Waals surface area contributed by atoms with Crippen molar-refractivity contribution in [3.63, 3.8) is 0 Å². The Morgan fingerprint density at radius 3 is 2.78 bits per heavy atom. The van der Waals surface area contributed by atoms with Crippen LogP contribution in [0.25, 0.3) is 11.3 Å². The van der Waals surface area contributed by atoms with Crippen LogP contribution in [0.2, 0.25) is 5.02 Å². The van der Waals surface area contributed by atoms with Crippen LogP contribution in [0.15, 0.2) is 42.5 Å². The second-order valence-corrected chi connectivity index (χ2v) is 8.96. The van der Waals surface area contributed by atoms with E-state index in [1.165, 1.54) is 37.4 Å². The maximum Gasteiger partial charge on any atom is 0.251 e. The van der Waals surface area contributed by atoms with Gasteiger partial charge in [0.15, 0.2) is 11.5 Å². The number of pyridine rings is 1. The lowest BCUT2D eigenvalue weighted by molar-refractivity contribution is 0.0490. The fraction of sp³-hybridized carbons (Fsp3) is 0.308. The maximum atomic E-state index is 13.7. The number of halogens is 3. The van der Waals surface area contributed by atoms with E-state index in [9.17, 15) is 18.7 Å². The minimum absolute atomic E-state index is 0.0259. The molecule has 0 bridgehead atoms. The van der Waals surface area contributed by atoms with Crippen LogP contribution in [0.5, 0.6) is 11.5 Å². The lowest BCUT2D eigenvalue weighted by atomic mass is 9.96. The zero-order valence-electron chi connectivity index (χ0n) is 19.8. The van der Waals surface area contributed by atoms with Crippen molar-refractivity contribution in [2.45, 2.75) is 18.9 Å². The number of methoxy groups -OCH3 is 1. The molecule has 0 radical (unpaired) electrons. The number of aliphatic hydroxyl groups is 1. The summed E-state index contributed by atoms with van der Waals surface area (Å²) in [6.07, 6.45) is 0.728. The van der Waals surface area contributed by atoms with Crippen molar-refractivity contribution in [2.24, 2.45) is 0 Å². The maximum absolute atomic E-state index is 13.7. The Hall–Kier alpha value is -3.43. The molecule has 1 unspecified atom stereocenters. The molecule has 0 saturated carbocycles. The van der Waals surface area contributed by atoms with Crippen LogP contribution >= 0.6 is 11.6 Å². The van der Waals surface area contributed by atoms with E-state index in [1.54, 1.807) is 19.1 Å². The molecule has 10 heteroatoms. The van der Waals surface area contributed by atoms with Crippen LogP contribution in [-0.2, 0) is 12.0 Å². The van der Waals surface area contributed by atoms with Crippen LogP contribution in [-0.4, -0.2) is 49.5 Å². The number of hydrogen-bond acceptors (Lipinski definition) is 6. The van der Waals surface area contributed by atoms with Crippen molar-refractivity contribution < 1.29 is 28.2 Å². The number of amides is 1. The second-order valence-electron chi connectivity index (χ2n) is 8.56. The summed E-state index contributed by atoms with van der Waals surface area (Å²) < 4.78 is 36.6. The third kappa shape index (κ3) is 5.37. The van der Waals surface area contributed by atoms with E-state index in [0.717, 1.165) is 17.7 Å². The van der Waals surface area contributed by atoms with E-state index in [1.807, 2.05) is 0 Å². The summed E-state index contributed by atoms with van der Waals surface area (Å²) in [7, 11) is 1.42. The number of anilines is 1. The zero-order valence-corrected chi connectivity index (χ0v) is 20.6. The fourth-order valence-corrected chi connectivity index (χ4v) is 4.14. The first-order chi connectivity index (χ1) is 17.2. The highest BCUT2D eigenvalue weighted by Gasteiger charge is 2.30. The van der Waals surface area contributed by atoms with E-state index < -0.39 is 24.0 Å². The van der Waals surface area contributed by atoms with Gasteiger partial charge in [0.2, 0.25) is 0 Å². The largest absolute Gasteiger partial charge is 0.493 e. The van der Waals surface area contributed by atoms with E-state index in [-0.39, 0.29) is 23.7 Å². The molecule has 190 valence electrons. The molecule has 2 heterocycles. The monoisotopic (exact) mass is 517 g/mol. The number of benzene rings is 2. The molecular weight excluding hydrogens is 492 g/mol. The highest BCUT2D eigenvalue weighted by Crippen LogP contribution is 2.37. The SMILES string of the molecule is COc1cc(C(=O)NCC(C)(O)c2cc3c(c(-c4ccc(F)c(Cl)c4)n2)NCC3)ccc1OCCF. The highest BCUT2D eigenvalue weighted by atomic mass is 35.5. The van der Waals surface area contributed by atoms with Gasteiger partial charge in [-0.2, -0.15) is 0 Å². The summed E-state index contributed by atoms with van der Waals surface area (Å²) >= 11 is 5.99. The van der Waals surface area contributed by atoms with Gasteiger partial charge >= 0.3 is 0 Å². The Kier molecular flexibility index (Phi) is 7.61. The van der Waals surface area contributed by atoms with Gasteiger partial charge in [0, 0.05) is 17.7 Å². The number of alkyl halides is 1. The molecule has 1 aromatic heterocycles. The quantitative estimate of drug-likeness (QED) is 0.387. The number of hydrogen-bond donors (Lipinski definition) is 3. The minimum Gasteiger partial charge on any atom is -0.493 e. The fourth-order valence-electron chi connectivity index (χ4n) is 3.96. The molecule has 2 aromatic carbocycles. The molecule has 0 spiro atoms. The summed E-state index contributed by atoms with van der Waals surface area (Å²) in [5.41, 5.74) is 2.04. The number of nitrogens with one attached hydrogen (secondary N) is 2. The zero-order chi connectivity index (χ0) is 25.9. The first-order valence-electron chi connectivity index (χ1n) is 11.3. The Morgan fingerprint density at radius 2 is 2.06 bits per heavy atom. The molecule has 1 amide bonds. The van der Waals surface area contributed by atoms with Crippen LogP contribution in [0.3, 0.4) is 0 Å². The van der Waals surface area contributed by atoms with Gasteiger partial charge in [-0.15, -0.1) is 0 Å². The molecule has 0 aliphatic carbocycles. The molecule has 0 fully saturated rings. The number of carbonyl (C=O) groups excluding carboxylic acids is 1.